The summed E-state index contributed by atoms with van der Waals surface area (Å²) in [4.78, 5) is 28.3. The van der Waals surface area contributed by atoms with Crippen molar-refractivity contribution in [3.05, 3.63) is 66.1 Å². The molecule has 1 aliphatic rings. The number of hydrogen-bond acceptors (Lipinski definition) is 6. The summed E-state index contributed by atoms with van der Waals surface area (Å²) in [6.45, 7) is 4.86. The number of benzene rings is 1. The van der Waals surface area contributed by atoms with Gasteiger partial charge in [0.1, 0.15) is 5.82 Å². The van der Waals surface area contributed by atoms with Crippen molar-refractivity contribution >= 4 is 23.2 Å². The monoisotopic (exact) mass is 427 g/mol. The molecule has 0 aliphatic carbocycles. The van der Waals surface area contributed by atoms with E-state index in [1.54, 1.807) is 16.9 Å². The van der Waals surface area contributed by atoms with E-state index in [1.165, 1.54) is 6.42 Å². The molecule has 1 saturated heterocycles. The van der Waals surface area contributed by atoms with Crippen molar-refractivity contribution in [1.29, 1.82) is 0 Å². The summed E-state index contributed by atoms with van der Waals surface area (Å²) in [7, 11) is 0. The molecule has 4 heterocycles. The summed E-state index contributed by atoms with van der Waals surface area (Å²) in [5.74, 6) is 1.87. The highest BCUT2D eigenvalue weighted by Crippen LogP contribution is 2.24. The Kier molecular flexibility index (Phi) is 5.26. The molecule has 3 aromatic heterocycles. The van der Waals surface area contributed by atoms with Gasteiger partial charge in [-0.1, -0.05) is 6.07 Å². The van der Waals surface area contributed by atoms with E-state index in [2.05, 4.69) is 32.3 Å². The first-order valence-corrected chi connectivity index (χ1v) is 10.9. The second-order valence-corrected chi connectivity index (χ2v) is 8.22. The number of carbonyl (C=O) groups is 1. The number of amides is 1. The fraction of sp³-hybridized carbons (Fsp3) is 0.292. The molecular weight excluding hydrogens is 402 g/mol. The number of nitrogens with zero attached hydrogens (tertiary/aromatic N) is 6. The molecular formula is C24H25N7O. The van der Waals surface area contributed by atoms with Crippen LogP contribution >= 0.6 is 0 Å². The van der Waals surface area contributed by atoms with Gasteiger partial charge in [-0.15, -0.1) is 5.10 Å². The van der Waals surface area contributed by atoms with Gasteiger partial charge in [0.05, 0.1) is 0 Å². The Morgan fingerprint density at radius 3 is 2.84 bits per heavy atom. The summed E-state index contributed by atoms with van der Waals surface area (Å²) in [5, 5.41) is 8.02. The fourth-order valence-corrected chi connectivity index (χ4v) is 4.14. The normalized spacial score (nSPS) is 16.3. The highest BCUT2D eigenvalue weighted by atomic mass is 16.2. The topological polar surface area (TPSA) is 88.3 Å². The first kappa shape index (κ1) is 20.1. The molecule has 0 unspecified atom stereocenters. The van der Waals surface area contributed by atoms with Crippen LogP contribution < -0.4 is 5.32 Å². The van der Waals surface area contributed by atoms with Gasteiger partial charge >= 0.3 is 0 Å². The minimum atomic E-state index is 0.0801. The third kappa shape index (κ3) is 3.91. The van der Waals surface area contributed by atoms with Crippen LogP contribution in [0.25, 0.3) is 17.2 Å². The molecule has 0 radical (unpaired) electrons. The molecule has 0 saturated carbocycles. The number of rotatable bonds is 4. The quantitative estimate of drug-likeness (QED) is 0.524. The Bertz CT molecular complexity index is 1270. The van der Waals surface area contributed by atoms with Crippen molar-refractivity contribution in [2.24, 2.45) is 0 Å². The maximum atomic E-state index is 13.1. The van der Waals surface area contributed by atoms with Crippen LogP contribution in [-0.2, 0) is 0 Å². The molecule has 4 aromatic rings. The molecule has 162 valence electrons. The van der Waals surface area contributed by atoms with Crippen LogP contribution in [0.1, 0.15) is 42.2 Å². The van der Waals surface area contributed by atoms with Gasteiger partial charge in [0.15, 0.2) is 5.82 Å². The highest BCUT2D eigenvalue weighted by molar-refractivity contribution is 5.95. The van der Waals surface area contributed by atoms with Crippen LogP contribution in [0.3, 0.4) is 0 Å². The molecule has 8 nitrogen and oxygen atoms in total. The van der Waals surface area contributed by atoms with Crippen molar-refractivity contribution < 1.29 is 4.79 Å². The number of nitrogens with one attached hydrogen (secondary N) is 1. The van der Waals surface area contributed by atoms with Crippen LogP contribution in [0, 0.1) is 6.92 Å². The highest BCUT2D eigenvalue weighted by Gasteiger charge is 2.24. The van der Waals surface area contributed by atoms with Crippen LogP contribution in [0.5, 0.6) is 0 Å². The van der Waals surface area contributed by atoms with Gasteiger partial charge in [-0.3, -0.25) is 9.78 Å². The second-order valence-electron chi connectivity index (χ2n) is 8.22. The van der Waals surface area contributed by atoms with E-state index < -0.39 is 0 Å². The Balaban J connectivity index is 1.46. The van der Waals surface area contributed by atoms with E-state index in [0.717, 1.165) is 42.1 Å². The summed E-state index contributed by atoms with van der Waals surface area (Å²) in [5.41, 5.74) is 3.13. The predicted molar refractivity (Wildman–Crippen MR) is 123 cm³/mol. The SMILES string of the molecule is Cc1cc(Nc2cccc(C(=O)N3CCCC[C@H]3C)c2)n2nc(-c3cccnc3)nc2n1. The van der Waals surface area contributed by atoms with Gasteiger partial charge in [-0.05, 0) is 63.4 Å². The lowest BCUT2D eigenvalue weighted by Gasteiger charge is -2.33. The maximum absolute atomic E-state index is 13.1. The van der Waals surface area contributed by atoms with E-state index in [1.807, 2.05) is 54.3 Å². The molecule has 1 amide bonds. The Hall–Kier alpha value is -3.81. The number of aromatic nitrogens is 5. The second kappa shape index (κ2) is 8.37. The zero-order chi connectivity index (χ0) is 22.1. The molecule has 5 rings (SSSR count). The molecule has 8 heteroatoms. The number of pyridine rings is 1. The fourth-order valence-electron chi connectivity index (χ4n) is 4.14. The van der Waals surface area contributed by atoms with Gasteiger partial charge < -0.3 is 10.2 Å². The smallest absolute Gasteiger partial charge is 0.254 e. The largest absolute Gasteiger partial charge is 0.340 e. The number of piperidine rings is 1. The summed E-state index contributed by atoms with van der Waals surface area (Å²) >= 11 is 0. The molecule has 0 bridgehead atoms. The molecule has 0 spiro atoms. The van der Waals surface area contributed by atoms with Crippen molar-refractivity contribution in [2.45, 2.75) is 39.2 Å². The average molecular weight is 428 g/mol. The first-order chi connectivity index (χ1) is 15.6. The van der Waals surface area contributed by atoms with E-state index in [9.17, 15) is 4.79 Å². The van der Waals surface area contributed by atoms with Crippen molar-refractivity contribution in [1.82, 2.24) is 29.5 Å². The molecule has 1 fully saturated rings. The number of fused-ring (bicyclic) bond motifs is 1. The number of anilines is 2. The molecule has 1 aromatic carbocycles. The average Bonchev–Trinajstić information content (AvgIpc) is 3.24. The summed E-state index contributed by atoms with van der Waals surface area (Å²) in [6.07, 6.45) is 6.75. The van der Waals surface area contributed by atoms with Gasteiger partial charge in [-0.2, -0.15) is 9.50 Å². The lowest BCUT2D eigenvalue weighted by molar-refractivity contribution is 0.0635. The van der Waals surface area contributed by atoms with E-state index in [0.29, 0.717) is 17.2 Å². The van der Waals surface area contributed by atoms with Crippen LogP contribution in [0.4, 0.5) is 11.5 Å². The maximum Gasteiger partial charge on any atom is 0.254 e. The van der Waals surface area contributed by atoms with Gasteiger partial charge in [0, 0.05) is 53.6 Å². The Labute approximate surface area is 186 Å². The van der Waals surface area contributed by atoms with Crippen molar-refractivity contribution in [3.63, 3.8) is 0 Å². The summed E-state index contributed by atoms with van der Waals surface area (Å²) in [6, 6.07) is 13.6. The zero-order valence-electron chi connectivity index (χ0n) is 18.2. The van der Waals surface area contributed by atoms with Crippen LogP contribution in [-0.4, -0.2) is 48.0 Å². The van der Waals surface area contributed by atoms with Crippen molar-refractivity contribution in [3.8, 4) is 11.4 Å². The molecule has 1 N–H and O–H groups in total. The minimum absolute atomic E-state index is 0.0801. The van der Waals surface area contributed by atoms with E-state index in [4.69, 9.17) is 0 Å². The number of carbonyl (C=O) groups excluding carboxylic acids is 1. The van der Waals surface area contributed by atoms with Gasteiger partial charge in [0.25, 0.3) is 11.7 Å². The first-order valence-electron chi connectivity index (χ1n) is 10.9. The van der Waals surface area contributed by atoms with Crippen LogP contribution in [0.15, 0.2) is 54.9 Å². The zero-order valence-corrected chi connectivity index (χ0v) is 18.2. The van der Waals surface area contributed by atoms with Gasteiger partial charge in [0.2, 0.25) is 0 Å². The lowest BCUT2D eigenvalue weighted by atomic mass is 10.0. The molecule has 1 aliphatic heterocycles. The number of hydrogen-bond donors (Lipinski definition) is 1. The van der Waals surface area contributed by atoms with Crippen molar-refractivity contribution in [2.75, 3.05) is 11.9 Å². The Morgan fingerprint density at radius 1 is 1.12 bits per heavy atom. The predicted octanol–water partition coefficient (Wildman–Crippen LogP) is 4.25. The number of likely N-dealkylation sites (tertiary alicyclic amines) is 1. The van der Waals surface area contributed by atoms with Gasteiger partial charge in [-0.25, -0.2) is 4.98 Å². The minimum Gasteiger partial charge on any atom is -0.340 e. The lowest BCUT2D eigenvalue weighted by Crippen LogP contribution is -2.42. The third-order valence-corrected chi connectivity index (χ3v) is 5.81. The summed E-state index contributed by atoms with van der Waals surface area (Å²) < 4.78 is 1.68. The Morgan fingerprint density at radius 2 is 2.03 bits per heavy atom. The van der Waals surface area contributed by atoms with Crippen LogP contribution in [0.2, 0.25) is 0 Å². The number of aryl methyl sites for hydroxylation is 1. The van der Waals surface area contributed by atoms with E-state index >= 15 is 0 Å². The third-order valence-electron chi connectivity index (χ3n) is 5.81. The molecule has 1 atom stereocenters. The van der Waals surface area contributed by atoms with E-state index in [-0.39, 0.29) is 11.9 Å². The standard InChI is InChI=1S/C24H25N7O/c1-16-13-21(31-24(26-16)28-22(29-31)19-9-6-11-25-15-19)27-20-10-5-8-18(14-20)23(32)30-12-4-3-7-17(30)2/h5-6,8-11,13-15,17,27H,3-4,7,12H2,1-2H3/t17-/m1/s1. The molecule has 32 heavy (non-hydrogen) atoms.